The molecule has 0 aliphatic heterocycles. The lowest BCUT2D eigenvalue weighted by Crippen LogP contribution is -2.32. The van der Waals surface area contributed by atoms with E-state index in [1.165, 1.54) is 35.1 Å². The standard InChI is InChI=1S/C16H25N/c1-10-8-12(3)16(9-11(10)2)13(4)14(5)17-15-6-7-15/h8-9,13-15,17H,6-7H2,1-5H3. The van der Waals surface area contributed by atoms with Crippen LogP contribution in [0.4, 0.5) is 0 Å². The molecule has 1 aliphatic rings. The van der Waals surface area contributed by atoms with E-state index in [0.717, 1.165) is 6.04 Å². The Morgan fingerprint density at radius 3 is 2.18 bits per heavy atom. The Morgan fingerprint density at radius 1 is 1.00 bits per heavy atom. The molecule has 1 aromatic carbocycles. The summed E-state index contributed by atoms with van der Waals surface area (Å²) in [4.78, 5) is 0. The van der Waals surface area contributed by atoms with Gasteiger partial charge in [-0.15, -0.1) is 0 Å². The van der Waals surface area contributed by atoms with Gasteiger partial charge in [0.2, 0.25) is 0 Å². The molecule has 1 fully saturated rings. The van der Waals surface area contributed by atoms with Crippen LogP contribution in [0.3, 0.4) is 0 Å². The Morgan fingerprint density at radius 2 is 1.59 bits per heavy atom. The van der Waals surface area contributed by atoms with Crippen LogP contribution in [0.2, 0.25) is 0 Å². The SMILES string of the molecule is Cc1cc(C)c(C(C)C(C)NC2CC2)cc1C. The van der Waals surface area contributed by atoms with Gasteiger partial charge in [0.25, 0.3) is 0 Å². The molecule has 0 radical (unpaired) electrons. The average molecular weight is 231 g/mol. The van der Waals surface area contributed by atoms with Crippen molar-refractivity contribution >= 4 is 0 Å². The third-order valence-corrected chi connectivity index (χ3v) is 4.20. The van der Waals surface area contributed by atoms with Crippen molar-refractivity contribution < 1.29 is 0 Å². The molecule has 1 nitrogen and oxygen atoms in total. The van der Waals surface area contributed by atoms with Crippen LogP contribution >= 0.6 is 0 Å². The third kappa shape index (κ3) is 2.90. The summed E-state index contributed by atoms with van der Waals surface area (Å²) < 4.78 is 0. The van der Waals surface area contributed by atoms with Crippen molar-refractivity contribution in [2.24, 2.45) is 0 Å². The lowest BCUT2D eigenvalue weighted by Gasteiger charge is -2.24. The van der Waals surface area contributed by atoms with Gasteiger partial charge in [0.1, 0.15) is 0 Å². The normalized spacial score (nSPS) is 19.1. The summed E-state index contributed by atoms with van der Waals surface area (Å²) in [6.45, 7) is 11.3. The molecule has 1 saturated carbocycles. The van der Waals surface area contributed by atoms with E-state index in [1.807, 2.05) is 0 Å². The van der Waals surface area contributed by atoms with Crippen molar-refractivity contribution in [2.45, 2.75) is 65.5 Å². The number of hydrogen-bond donors (Lipinski definition) is 1. The molecule has 0 saturated heterocycles. The van der Waals surface area contributed by atoms with Crippen molar-refractivity contribution in [3.63, 3.8) is 0 Å². The fraction of sp³-hybridized carbons (Fsp3) is 0.625. The third-order valence-electron chi connectivity index (χ3n) is 4.20. The molecule has 17 heavy (non-hydrogen) atoms. The molecular weight excluding hydrogens is 206 g/mol. The Kier molecular flexibility index (Phi) is 3.58. The van der Waals surface area contributed by atoms with Crippen LogP contribution in [0, 0.1) is 20.8 Å². The van der Waals surface area contributed by atoms with Crippen LogP contribution in [0.15, 0.2) is 12.1 Å². The number of rotatable bonds is 4. The minimum atomic E-state index is 0.573. The molecular formula is C16H25N. The van der Waals surface area contributed by atoms with Gasteiger partial charge < -0.3 is 5.32 Å². The second-order valence-electron chi connectivity index (χ2n) is 5.81. The maximum absolute atomic E-state index is 3.71. The van der Waals surface area contributed by atoms with Gasteiger partial charge in [-0.3, -0.25) is 0 Å². The monoisotopic (exact) mass is 231 g/mol. The Labute approximate surface area is 106 Å². The van der Waals surface area contributed by atoms with Crippen molar-refractivity contribution in [1.82, 2.24) is 5.32 Å². The van der Waals surface area contributed by atoms with Crippen LogP contribution in [0.25, 0.3) is 0 Å². The van der Waals surface area contributed by atoms with Gasteiger partial charge >= 0.3 is 0 Å². The van der Waals surface area contributed by atoms with Gasteiger partial charge in [-0.1, -0.05) is 19.1 Å². The molecule has 2 rings (SSSR count). The summed E-state index contributed by atoms with van der Waals surface area (Å²) in [5, 5.41) is 3.71. The lowest BCUT2D eigenvalue weighted by molar-refractivity contribution is 0.477. The van der Waals surface area contributed by atoms with E-state index in [9.17, 15) is 0 Å². The molecule has 1 N–H and O–H groups in total. The number of aryl methyl sites for hydroxylation is 3. The number of benzene rings is 1. The first kappa shape index (κ1) is 12.6. The predicted molar refractivity (Wildman–Crippen MR) is 74.7 cm³/mol. The second-order valence-corrected chi connectivity index (χ2v) is 5.81. The summed E-state index contributed by atoms with van der Waals surface area (Å²) in [7, 11) is 0. The largest absolute Gasteiger partial charge is 0.311 e. The van der Waals surface area contributed by atoms with E-state index >= 15 is 0 Å². The summed E-state index contributed by atoms with van der Waals surface area (Å²) in [5.41, 5.74) is 5.76. The summed E-state index contributed by atoms with van der Waals surface area (Å²) >= 11 is 0. The highest BCUT2D eigenvalue weighted by atomic mass is 15.0. The van der Waals surface area contributed by atoms with E-state index in [4.69, 9.17) is 0 Å². The topological polar surface area (TPSA) is 12.0 Å². The van der Waals surface area contributed by atoms with E-state index in [2.05, 4.69) is 52.1 Å². The molecule has 1 aliphatic carbocycles. The quantitative estimate of drug-likeness (QED) is 0.830. The van der Waals surface area contributed by atoms with Crippen LogP contribution in [0.5, 0.6) is 0 Å². The zero-order valence-electron chi connectivity index (χ0n) is 11.8. The van der Waals surface area contributed by atoms with Gasteiger partial charge in [0.15, 0.2) is 0 Å². The highest BCUT2D eigenvalue weighted by Gasteiger charge is 2.26. The van der Waals surface area contributed by atoms with Crippen molar-refractivity contribution in [2.75, 3.05) is 0 Å². The zero-order valence-corrected chi connectivity index (χ0v) is 11.8. The van der Waals surface area contributed by atoms with Gasteiger partial charge in [-0.05, 0) is 68.7 Å². The fourth-order valence-corrected chi connectivity index (χ4v) is 2.51. The van der Waals surface area contributed by atoms with E-state index in [0.29, 0.717) is 12.0 Å². The van der Waals surface area contributed by atoms with E-state index in [-0.39, 0.29) is 0 Å². The van der Waals surface area contributed by atoms with Gasteiger partial charge in [-0.2, -0.15) is 0 Å². The molecule has 0 amide bonds. The maximum Gasteiger partial charge on any atom is 0.0107 e. The average Bonchev–Trinajstić information content (AvgIpc) is 3.06. The fourth-order valence-electron chi connectivity index (χ4n) is 2.51. The second kappa shape index (κ2) is 4.81. The molecule has 0 spiro atoms. The first-order valence-corrected chi connectivity index (χ1v) is 6.83. The zero-order chi connectivity index (χ0) is 12.6. The number of nitrogens with one attached hydrogen (secondary N) is 1. The first-order valence-electron chi connectivity index (χ1n) is 6.83. The minimum absolute atomic E-state index is 0.573. The molecule has 94 valence electrons. The number of hydrogen-bond acceptors (Lipinski definition) is 1. The highest BCUT2D eigenvalue weighted by molar-refractivity contribution is 5.38. The Balaban J connectivity index is 2.16. The predicted octanol–water partition coefficient (Wildman–Crippen LogP) is 3.86. The molecule has 1 aromatic rings. The van der Waals surface area contributed by atoms with E-state index < -0.39 is 0 Å². The summed E-state index contributed by atoms with van der Waals surface area (Å²) in [5.74, 6) is 0.592. The maximum atomic E-state index is 3.71. The van der Waals surface area contributed by atoms with Crippen LogP contribution in [-0.2, 0) is 0 Å². The van der Waals surface area contributed by atoms with Crippen molar-refractivity contribution in [3.05, 3.63) is 34.4 Å². The van der Waals surface area contributed by atoms with Gasteiger partial charge in [0.05, 0.1) is 0 Å². The highest BCUT2D eigenvalue weighted by Crippen LogP contribution is 2.28. The summed E-state index contributed by atoms with van der Waals surface area (Å²) in [6.07, 6.45) is 2.73. The Bertz CT molecular complexity index is 404. The van der Waals surface area contributed by atoms with Crippen molar-refractivity contribution in [1.29, 1.82) is 0 Å². The lowest BCUT2D eigenvalue weighted by atomic mass is 9.88. The minimum Gasteiger partial charge on any atom is -0.311 e. The van der Waals surface area contributed by atoms with E-state index in [1.54, 1.807) is 0 Å². The summed E-state index contributed by atoms with van der Waals surface area (Å²) in [6, 6.07) is 6.06. The Hall–Kier alpha value is -0.820. The van der Waals surface area contributed by atoms with Crippen LogP contribution in [-0.4, -0.2) is 12.1 Å². The molecule has 0 bridgehead atoms. The molecule has 2 atom stereocenters. The van der Waals surface area contributed by atoms with Crippen LogP contribution < -0.4 is 5.32 Å². The smallest absolute Gasteiger partial charge is 0.0107 e. The molecule has 2 unspecified atom stereocenters. The van der Waals surface area contributed by atoms with Gasteiger partial charge in [0, 0.05) is 12.1 Å². The van der Waals surface area contributed by atoms with Crippen molar-refractivity contribution in [3.8, 4) is 0 Å². The van der Waals surface area contributed by atoms with Crippen LogP contribution in [0.1, 0.15) is 54.9 Å². The molecule has 0 aromatic heterocycles. The van der Waals surface area contributed by atoms with Gasteiger partial charge in [-0.25, -0.2) is 0 Å². The molecule has 1 heteroatoms. The first-order chi connectivity index (χ1) is 7.99. The molecule has 0 heterocycles.